The predicted octanol–water partition coefficient (Wildman–Crippen LogP) is 7.11. The molecule has 0 amide bonds. The van der Waals surface area contributed by atoms with E-state index in [1.54, 1.807) is 14.2 Å². The molecule has 4 aromatic rings. The van der Waals surface area contributed by atoms with E-state index in [-0.39, 0.29) is 23.7 Å². The van der Waals surface area contributed by atoms with Crippen molar-refractivity contribution in [1.82, 2.24) is 4.57 Å². The van der Waals surface area contributed by atoms with Crippen LogP contribution in [0.4, 0.5) is 11.4 Å². The van der Waals surface area contributed by atoms with E-state index < -0.39 is 0 Å². The lowest BCUT2D eigenvalue weighted by atomic mass is 9.72. The molecule has 39 heavy (non-hydrogen) atoms. The second-order valence-electron chi connectivity index (χ2n) is 10.4. The molecule has 0 radical (unpaired) electrons. The second kappa shape index (κ2) is 10.1. The number of carbonyl (C=O) groups excluding carboxylic acids is 1. The summed E-state index contributed by atoms with van der Waals surface area (Å²) in [7, 11) is 3.36. The number of carbonyl (C=O) groups is 1. The minimum Gasteiger partial charge on any atom is -0.497 e. The molecule has 6 rings (SSSR count). The van der Waals surface area contributed by atoms with Gasteiger partial charge in [-0.3, -0.25) is 9.79 Å². The first kappa shape index (κ1) is 25.0. The lowest BCUT2D eigenvalue weighted by molar-refractivity contribution is -0.122. The minimum atomic E-state index is -0.387. The van der Waals surface area contributed by atoms with Crippen molar-refractivity contribution in [1.29, 1.82) is 0 Å². The van der Waals surface area contributed by atoms with Gasteiger partial charge in [0.15, 0.2) is 0 Å². The Morgan fingerprint density at radius 2 is 1.62 bits per heavy atom. The van der Waals surface area contributed by atoms with Crippen molar-refractivity contribution in [2.45, 2.75) is 38.6 Å². The summed E-state index contributed by atoms with van der Waals surface area (Å²) in [6.07, 6.45) is 1.18. The summed E-state index contributed by atoms with van der Waals surface area (Å²) in [6, 6.07) is 26.3. The first-order chi connectivity index (χ1) is 19.0. The number of methoxy groups -OCH3 is 2. The molecule has 1 aliphatic carbocycles. The molecule has 2 aliphatic rings. The van der Waals surface area contributed by atoms with Crippen molar-refractivity contribution < 1.29 is 14.3 Å². The van der Waals surface area contributed by atoms with Gasteiger partial charge in [-0.25, -0.2) is 0 Å². The minimum absolute atomic E-state index is 0.0771. The molecular weight excluding hydrogens is 486 g/mol. The molecule has 0 saturated heterocycles. The average molecular weight is 520 g/mol. The highest BCUT2D eigenvalue weighted by atomic mass is 16.5. The number of para-hydroxylation sites is 2. The van der Waals surface area contributed by atoms with E-state index in [4.69, 9.17) is 14.5 Å². The van der Waals surface area contributed by atoms with E-state index in [9.17, 15) is 4.79 Å². The first-order valence-electron chi connectivity index (χ1n) is 13.4. The maximum absolute atomic E-state index is 14.0. The Balaban J connectivity index is 1.42. The quantitative estimate of drug-likeness (QED) is 0.305. The smallest absolute Gasteiger partial charge is 0.144 e. The van der Waals surface area contributed by atoms with Gasteiger partial charge in [-0.2, -0.15) is 0 Å². The molecular formula is C33H33N3O3. The van der Waals surface area contributed by atoms with E-state index in [1.165, 1.54) is 0 Å². The molecule has 198 valence electrons. The third-order valence-electron chi connectivity index (χ3n) is 8.09. The lowest BCUT2D eigenvalue weighted by Gasteiger charge is -2.34. The van der Waals surface area contributed by atoms with Crippen LogP contribution in [-0.4, -0.2) is 30.3 Å². The molecule has 2 heterocycles. The fourth-order valence-corrected chi connectivity index (χ4v) is 6.14. The molecule has 1 fully saturated rings. The Hall–Kier alpha value is -4.32. The van der Waals surface area contributed by atoms with E-state index in [2.05, 4.69) is 66.2 Å². The van der Waals surface area contributed by atoms with Crippen molar-refractivity contribution in [3.05, 3.63) is 101 Å². The number of aromatic nitrogens is 1. The van der Waals surface area contributed by atoms with Crippen molar-refractivity contribution >= 4 is 22.9 Å². The lowest BCUT2D eigenvalue weighted by Crippen LogP contribution is -2.38. The van der Waals surface area contributed by atoms with Gasteiger partial charge in [0.1, 0.15) is 17.3 Å². The molecule has 1 aliphatic heterocycles. The van der Waals surface area contributed by atoms with Gasteiger partial charge >= 0.3 is 0 Å². The number of hydrogen-bond donors (Lipinski definition) is 1. The van der Waals surface area contributed by atoms with E-state index in [0.29, 0.717) is 6.42 Å². The standard InChI is InChI=1S/C33H33N3O3/c1-20-9-10-21(2)36(20)24-13-16-26(31(19-24)39-4)33-32-29(34-27-7-5-6-8-28(27)35-33)17-23(18-30(32)37)22-11-14-25(38-3)15-12-22/h5-16,19,23,32-33,35H,17-18H2,1-4H3. The van der Waals surface area contributed by atoms with Crippen LogP contribution in [0.2, 0.25) is 0 Å². The van der Waals surface area contributed by atoms with Crippen LogP contribution >= 0.6 is 0 Å². The van der Waals surface area contributed by atoms with E-state index >= 15 is 0 Å². The largest absolute Gasteiger partial charge is 0.497 e. The fraction of sp³-hybridized carbons (Fsp3) is 0.273. The van der Waals surface area contributed by atoms with Gasteiger partial charge in [-0.15, -0.1) is 0 Å². The third kappa shape index (κ3) is 4.50. The number of ketones is 1. The molecule has 3 aromatic carbocycles. The van der Waals surface area contributed by atoms with Crippen molar-refractivity contribution in [3.63, 3.8) is 0 Å². The SMILES string of the molecule is COc1ccc(C2CC(=O)C3C(=Nc4ccccc4NC3c3ccc(-n4c(C)ccc4C)cc3OC)C2)cc1. The Morgan fingerprint density at radius 1 is 0.872 bits per heavy atom. The highest BCUT2D eigenvalue weighted by Crippen LogP contribution is 2.46. The zero-order chi connectivity index (χ0) is 27.1. The highest BCUT2D eigenvalue weighted by Gasteiger charge is 2.42. The highest BCUT2D eigenvalue weighted by molar-refractivity contribution is 6.11. The van der Waals surface area contributed by atoms with Crippen LogP contribution in [0.3, 0.4) is 0 Å². The number of nitrogens with one attached hydrogen (secondary N) is 1. The molecule has 6 heteroatoms. The van der Waals surface area contributed by atoms with E-state index in [0.717, 1.165) is 63.2 Å². The van der Waals surface area contributed by atoms with Gasteiger partial charge in [-0.05, 0) is 74.2 Å². The predicted molar refractivity (Wildman–Crippen MR) is 155 cm³/mol. The molecule has 1 aromatic heterocycles. The number of fused-ring (bicyclic) bond motifs is 2. The normalized spacial score (nSPS) is 20.3. The first-order valence-corrected chi connectivity index (χ1v) is 13.4. The number of rotatable bonds is 5. The van der Waals surface area contributed by atoms with Crippen LogP contribution in [0, 0.1) is 19.8 Å². The molecule has 6 nitrogen and oxygen atoms in total. The third-order valence-corrected chi connectivity index (χ3v) is 8.09. The van der Waals surface area contributed by atoms with Crippen molar-refractivity contribution in [3.8, 4) is 17.2 Å². The Morgan fingerprint density at radius 3 is 2.33 bits per heavy atom. The number of anilines is 1. The monoisotopic (exact) mass is 519 g/mol. The van der Waals surface area contributed by atoms with Crippen LogP contribution < -0.4 is 14.8 Å². The Bertz CT molecular complexity index is 1550. The van der Waals surface area contributed by atoms with Gasteiger partial charge in [0.25, 0.3) is 0 Å². The van der Waals surface area contributed by atoms with Gasteiger partial charge in [0, 0.05) is 40.8 Å². The van der Waals surface area contributed by atoms with Crippen LogP contribution in [0.5, 0.6) is 11.5 Å². The number of hydrogen-bond acceptors (Lipinski definition) is 5. The zero-order valence-corrected chi connectivity index (χ0v) is 22.8. The average Bonchev–Trinajstić information content (AvgIpc) is 3.19. The number of aliphatic imine (C=N–C) groups is 1. The van der Waals surface area contributed by atoms with Gasteiger partial charge in [0.2, 0.25) is 0 Å². The topological polar surface area (TPSA) is 64.8 Å². The number of ether oxygens (including phenoxy) is 2. The summed E-state index contributed by atoms with van der Waals surface area (Å²) in [5.41, 5.74) is 8.13. The molecule has 3 atom stereocenters. The van der Waals surface area contributed by atoms with Crippen molar-refractivity contribution in [2.24, 2.45) is 10.9 Å². The number of benzene rings is 3. The number of aryl methyl sites for hydroxylation is 2. The fourth-order valence-electron chi connectivity index (χ4n) is 6.14. The number of nitrogens with zero attached hydrogens (tertiary/aromatic N) is 2. The molecule has 3 unspecified atom stereocenters. The van der Waals surface area contributed by atoms with Gasteiger partial charge in [0.05, 0.1) is 37.6 Å². The summed E-state index contributed by atoms with van der Waals surface area (Å²) in [5, 5.41) is 3.69. The zero-order valence-electron chi connectivity index (χ0n) is 22.8. The van der Waals surface area contributed by atoms with E-state index in [1.807, 2.05) is 36.4 Å². The van der Waals surface area contributed by atoms with Crippen LogP contribution in [-0.2, 0) is 4.79 Å². The van der Waals surface area contributed by atoms with Gasteiger partial charge < -0.3 is 19.4 Å². The summed E-state index contributed by atoms with van der Waals surface area (Å²) < 4.78 is 13.5. The second-order valence-corrected chi connectivity index (χ2v) is 10.4. The van der Waals surface area contributed by atoms with Crippen LogP contribution in [0.15, 0.2) is 83.9 Å². The Kier molecular flexibility index (Phi) is 6.47. The van der Waals surface area contributed by atoms with Crippen molar-refractivity contribution in [2.75, 3.05) is 19.5 Å². The molecule has 0 spiro atoms. The summed E-state index contributed by atoms with van der Waals surface area (Å²) in [5.74, 6) is 1.44. The maximum atomic E-state index is 14.0. The molecule has 1 N–H and O–H groups in total. The van der Waals surface area contributed by atoms with Crippen LogP contribution in [0.1, 0.15) is 47.3 Å². The summed E-state index contributed by atoms with van der Waals surface area (Å²) in [4.78, 5) is 19.1. The molecule has 0 bridgehead atoms. The summed E-state index contributed by atoms with van der Waals surface area (Å²) >= 11 is 0. The maximum Gasteiger partial charge on any atom is 0.144 e. The van der Waals surface area contributed by atoms with Gasteiger partial charge in [-0.1, -0.05) is 30.3 Å². The Labute approximate surface area is 229 Å². The summed E-state index contributed by atoms with van der Waals surface area (Å²) in [6.45, 7) is 4.19. The number of Topliss-reactive ketones (excluding diaryl/α,β-unsaturated/α-hetero) is 1. The van der Waals surface area contributed by atoms with Crippen LogP contribution in [0.25, 0.3) is 5.69 Å². The molecule has 1 saturated carbocycles.